The molecule has 0 aliphatic carbocycles. The Morgan fingerprint density at radius 1 is 1.03 bits per heavy atom. The number of ether oxygens (including phenoxy) is 2. The van der Waals surface area contributed by atoms with Crippen LogP contribution < -0.4 is 19.7 Å². The fraction of sp³-hybridized carbons (Fsp3) is 0.207. The second-order valence-electron chi connectivity index (χ2n) is 8.71. The molecule has 3 amide bonds. The Balaban J connectivity index is 1.48. The van der Waals surface area contributed by atoms with E-state index in [-0.39, 0.29) is 23.3 Å². The number of hydrogen-bond donors (Lipinski definition) is 1. The Kier molecular flexibility index (Phi) is 8.76. The molecular weight excluding hydrogens is 524 g/mol. The van der Waals surface area contributed by atoms with E-state index < -0.39 is 11.1 Å². The zero-order valence-corrected chi connectivity index (χ0v) is 22.8. The number of thioether (sulfide) groups is 1. The van der Waals surface area contributed by atoms with Crippen LogP contribution in [0, 0.1) is 0 Å². The number of halogens is 1. The van der Waals surface area contributed by atoms with Crippen LogP contribution in [0.1, 0.15) is 37.8 Å². The van der Waals surface area contributed by atoms with E-state index in [9.17, 15) is 14.4 Å². The first-order chi connectivity index (χ1) is 18.3. The van der Waals surface area contributed by atoms with Gasteiger partial charge in [-0.05, 0) is 78.2 Å². The van der Waals surface area contributed by atoms with Crippen molar-refractivity contribution in [2.45, 2.75) is 26.7 Å². The van der Waals surface area contributed by atoms with Gasteiger partial charge in [-0.3, -0.25) is 14.4 Å². The predicted octanol–water partition coefficient (Wildman–Crippen LogP) is 7.12. The fourth-order valence-electron chi connectivity index (χ4n) is 3.90. The van der Waals surface area contributed by atoms with Crippen LogP contribution in [0.3, 0.4) is 0 Å². The molecule has 0 atom stereocenters. The molecule has 9 heteroatoms. The molecule has 3 aromatic rings. The van der Waals surface area contributed by atoms with E-state index in [0.717, 1.165) is 27.9 Å². The molecule has 0 spiro atoms. The second-order valence-corrected chi connectivity index (χ2v) is 10.1. The summed E-state index contributed by atoms with van der Waals surface area (Å²) in [6.45, 7) is 6.13. The van der Waals surface area contributed by atoms with Crippen LogP contribution in [-0.4, -0.2) is 30.3 Å². The highest BCUT2D eigenvalue weighted by Crippen LogP contribution is 2.37. The van der Waals surface area contributed by atoms with Crippen LogP contribution in [0.4, 0.5) is 16.2 Å². The number of nitrogens with zero attached hydrogens (tertiary/aromatic N) is 1. The normalized spacial score (nSPS) is 14.3. The van der Waals surface area contributed by atoms with E-state index in [1.165, 1.54) is 0 Å². The summed E-state index contributed by atoms with van der Waals surface area (Å²) in [5.41, 5.74) is 2.85. The highest BCUT2D eigenvalue weighted by molar-refractivity contribution is 8.19. The van der Waals surface area contributed by atoms with E-state index in [1.807, 2.05) is 31.2 Å². The Bertz CT molecular complexity index is 1410. The van der Waals surface area contributed by atoms with Crippen molar-refractivity contribution < 1.29 is 23.9 Å². The summed E-state index contributed by atoms with van der Waals surface area (Å²) in [5, 5.41) is 2.93. The number of nitrogens with one attached hydrogen (secondary N) is 1. The summed E-state index contributed by atoms with van der Waals surface area (Å²) in [6.07, 6.45) is 1.62. The highest BCUT2D eigenvalue weighted by atomic mass is 35.5. The van der Waals surface area contributed by atoms with Gasteiger partial charge in [-0.15, -0.1) is 0 Å². The molecule has 1 heterocycles. The number of benzene rings is 3. The Labute approximate surface area is 230 Å². The minimum atomic E-state index is -0.432. The molecule has 1 aliphatic heterocycles. The molecule has 38 heavy (non-hydrogen) atoms. The van der Waals surface area contributed by atoms with Crippen molar-refractivity contribution in [1.82, 2.24) is 0 Å². The molecule has 1 N–H and O–H groups in total. The van der Waals surface area contributed by atoms with Crippen molar-refractivity contribution >= 4 is 57.9 Å². The van der Waals surface area contributed by atoms with Gasteiger partial charge in [0, 0.05) is 10.7 Å². The number of carbonyl (C=O) groups excluding carboxylic acids is 3. The molecule has 0 unspecified atom stereocenters. The molecular formula is C29H27ClN2O5S. The molecule has 1 aliphatic rings. The minimum Gasteiger partial charge on any atom is -0.490 e. The van der Waals surface area contributed by atoms with Gasteiger partial charge < -0.3 is 14.8 Å². The zero-order valence-electron chi connectivity index (χ0n) is 21.2. The molecule has 7 nitrogen and oxygen atoms in total. The van der Waals surface area contributed by atoms with Crippen molar-refractivity contribution in [2.75, 3.05) is 23.4 Å². The molecule has 4 rings (SSSR count). The molecule has 1 fully saturated rings. The SMILES string of the molecule is CCOc1cc(/C=C2\SC(=O)N(c3cccc(Cl)c3)C2=O)ccc1OCC(=O)Nc1ccccc1C(C)C. The summed E-state index contributed by atoms with van der Waals surface area (Å²) in [7, 11) is 0. The van der Waals surface area contributed by atoms with Crippen molar-refractivity contribution in [1.29, 1.82) is 0 Å². The summed E-state index contributed by atoms with van der Waals surface area (Å²) in [5.74, 6) is 0.351. The Hall–Kier alpha value is -3.75. The third kappa shape index (κ3) is 6.38. The Morgan fingerprint density at radius 2 is 1.82 bits per heavy atom. The maximum Gasteiger partial charge on any atom is 0.298 e. The molecule has 0 aromatic heterocycles. The first-order valence-corrected chi connectivity index (χ1v) is 13.3. The van der Waals surface area contributed by atoms with E-state index in [1.54, 1.807) is 48.5 Å². The lowest BCUT2D eigenvalue weighted by molar-refractivity contribution is -0.118. The van der Waals surface area contributed by atoms with Crippen LogP contribution in [0.2, 0.25) is 5.02 Å². The van der Waals surface area contributed by atoms with Crippen LogP contribution in [0.15, 0.2) is 71.6 Å². The van der Waals surface area contributed by atoms with Gasteiger partial charge in [0.05, 0.1) is 17.2 Å². The van der Waals surface area contributed by atoms with Crippen LogP contribution in [-0.2, 0) is 9.59 Å². The third-order valence-corrected chi connectivity index (χ3v) is 6.75. The first kappa shape index (κ1) is 27.3. The average Bonchev–Trinajstić information content (AvgIpc) is 3.16. The van der Waals surface area contributed by atoms with E-state index in [0.29, 0.717) is 34.4 Å². The molecule has 0 saturated carbocycles. The van der Waals surface area contributed by atoms with Crippen molar-refractivity contribution in [2.24, 2.45) is 0 Å². The van der Waals surface area contributed by atoms with Crippen molar-refractivity contribution in [3.63, 3.8) is 0 Å². The fourth-order valence-corrected chi connectivity index (χ4v) is 4.93. The van der Waals surface area contributed by atoms with Gasteiger partial charge in [0.15, 0.2) is 18.1 Å². The highest BCUT2D eigenvalue weighted by Gasteiger charge is 2.36. The molecule has 196 valence electrons. The minimum absolute atomic E-state index is 0.204. The second kappa shape index (κ2) is 12.2. The molecule has 0 bridgehead atoms. The lowest BCUT2D eigenvalue weighted by atomic mass is 10.0. The number of imide groups is 1. The van der Waals surface area contributed by atoms with Gasteiger partial charge in [-0.25, -0.2) is 4.90 Å². The summed E-state index contributed by atoms with van der Waals surface area (Å²) in [4.78, 5) is 39.5. The number of carbonyl (C=O) groups is 3. The largest absolute Gasteiger partial charge is 0.490 e. The van der Waals surface area contributed by atoms with Gasteiger partial charge >= 0.3 is 0 Å². The smallest absolute Gasteiger partial charge is 0.298 e. The lowest BCUT2D eigenvalue weighted by Crippen LogP contribution is -2.27. The van der Waals surface area contributed by atoms with Gasteiger partial charge in [0.2, 0.25) is 0 Å². The third-order valence-electron chi connectivity index (χ3n) is 5.64. The maximum atomic E-state index is 13.0. The average molecular weight is 551 g/mol. The van der Waals surface area contributed by atoms with E-state index in [2.05, 4.69) is 19.2 Å². The summed E-state index contributed by atoms with van der Waals surface area (Å²) >= 11 is 6.88. The van der Waals surface area contributed by atoms with Gasteiger partial charge in [0.25, 0.3) is 17.1 Å². The van der Waals surface area contributed by atoms with Crippen LogP contribution in [0.5, 0.6) is 11.5 Å². The standard InChI is InChI=1S/C29H27ClN2O5S/c1-4-36-25-14-19(15-26-28(34)32(29(35)38-26)21-9-7-8-20(30)16-21)12-13-24(25)37-17-27(33)31-23-11-6-5-10-22(23)18(2)3/h5-16,18H,4,17H2,1-3H3,(H,31,33)/b26-15-. The lowest BCUT2D eigenvalue weighted by Gasteiger charge is -2.15. The van der Waals surface area contributed by atoms with Gasteiger partial charge in [-0.1, -0.05) is 55.8 Å². The summed E-state index contributed by atoms with van der Waals surface area (Å²) in [6, 6.07) is 19.3. The summed E-state index contributed by atoms with van der Waals surface area (Å²) < 4.78 is 11.5. The van der Waals surface area contributed by atoms with Crippen molar-refractivity contribution in [3.05, 3.63) is 87.8 Å². The molecule has 3 aromatic carbocycles. The van der Waals surface area contributed by atoms with E-state index >= 15 is 0 Å². The van der Waals surface area contributed by atoms with E-state index in [4.69, 9.17) is 21.1 Å². The number of hydrogen-bond acceptors (Lipinski definition) is 6. The zero-order chi connectivity index (χ0) is 27.2. The monoisotopic (exact) mass is 550 g/mol. The number of rotatable bonds is 9. The van der Waals surface area contributed by atoms with Gasteiger partial charge in [-0.2, -0.15) is 0 Å². The predicted molar refractivity (Wildman–Crippen MR) is 152 cm³/mol. The van der Waals surface area contributed by atoms with Crippen molar-refractivity contribution in [3.8, 4) is 11.5 Å². The molecule has 0 radical (unpaired) electrons. The quantitative estimate of drug-likeness (QED) is 0.285. The van der Waals surface area contributed by atoms with Crippen LogP contribution >= 0.6 is 23.4 Å². The number of para-hydroxylation sites is 1. The van der Waals surface area contributed by atoms with Gasteiger partial charge in [0.1, 0.15) is 0 Å². The van der Waals surface area contributed by atoms with Crippen LogP contribution in [0.25, 0.3) is 6.08 Å². The number of anilines is 2. The number of amides is 3. The topological polar surface area (TPSA) is 84.9 Å². The molecule has 1 saturated heterocycles. The first-order valence-electron chi connectivity index (χ1n) is 12.1. The Morgan fingerprint density at radius 3 is 2.55 bits per heavy atom. The maximum absolute atomic E-state index is 13.0.